The normalized spacial score (nSPS) is 24.7. The fourth-order valence-electron chi connectivity index (χ4n) is 3.68. The van der Waals surface area contributed by atoms with Crippen molar-refractivity contribution in [2.75, 3.05) is 19.3 Å². The zero-order chi connectivity index (χ0) is 17.3. The topological polar surface area (TPSA) is 66.5 Å². The smallest absolute Gasteiger partial charge is 0.264 e. The summed E-state index contributed by atoms with van der Waals surface area (Å²) in [6, 6.07) is 2.03. The number of nitrogens with zero attached hydrogens (tertiary/aromatic N) is 1. The third kappa shape index (κ3) is 4.18. The molecule has 1 aromatic rings. The Kier molecular flexibility index (Phi) is 5.32. The molecule has 0 saturated carbocycles. The van der Waals surface area contributed by atoms with Crippen molar-refractivity contribution in [2.45, 2.75) is 51.5 Å². The molecule has 134 valence electrons. The van der Waals surface area contributed by atoms with E-state index < -0.39 is 10.0 Å². The van der Waals surface area contributed by atoms with Gasteiger partial charge in [-0.25, -0.2) is 13.1 Å². The minimum Gasteiger partial charge on any atom is -0.334 e. The molecule has 1 aliphatic heterocycles. The molecule has 7 heteroatoms. The van der Waals surface area contributed by atoms with Gasteiger partial charge < -0.3 is 4.90 Å². The molecule has 1 aliphatic carbocycles. The Hall–Kier alpha value is -0.920. The summed E-state index contributed by atoms with van der Waals surface area (Å²) in [6.07, 6.45) is 7.39. The zero-order valence-electron chi connectivity index (χ0n) is 14.4. The Morgan fingerprint density at radius 3 is 2.92 bits per heavy atom. The van der Waals surface area contributed by atoms with E-state index in [-0.39, 0.29) is 11.9 Å². The number of thiophene rings is 1. The number of nitrogens with one attached hydrogen (secondary N) is 1. The lowest BCUT2D eigenvalue weighted by Crippen LogP contribution is -2.49. The molecular weight excluding hydrogens is 344 g/mol. The summed E-state index contributed by atoms with van der Waals surface area (Å²) in [6.45, 7) is 3.29. The van der Waals surface area contributed by atoms with Crippen LogP contribution in [0.25, 0.3) is 0 Å². The molecule has 24 heavy (non-hydrogen) atoms. The molecule has 1 aromatic heterocycles. The lowest BCUT2D eigenvalue weighted by atomic mass is 9.90. The van der Waals surface area contributed by atoms with Crippen LogP contribution in [-0.4, -0.2) is 44.6 Å². The lowest BCUT2D eigenvalue weighted by Gasteiger charge is -2.35. The van der Waals surface area contributed by atoms with Crippen LogP contribution >= 0.6 is 11.3 Å². The van der Waals surface area contributed by atoms with Gasteiger partial charge in [0.2, 0.25) is 10.0 Å². The van der Waals surface area contributed by atoms with Gasteiger partial charge in [0.1, 0.15) is 0 Å². The van der Waals surface area contributed by atoms with Gasteiger partial charge in [-0.1, -0.05) is 6.92 Å². The van der Waals surface area contributed by atoms with Crippen LogP contribution in [0.5, 0.6) is 0 Å². The number of hydrogen-bond donors (Lipinski definition) is 1. The second-order valence-electron chi connectivity index (χ2n) is 7.18. The number of hydrogen-bond acceptors (Lipinski definition) is 4. The lowest BCUT2D eigenvalue weighted by molar-refractivity contribution is 0.0624. The molecule has 0 aromatic carbocycles. The van der Waals surface area contributed by atoms with Crippen LogP contribution in [0.1, 0.15) is 52.7 Å². The average molecular weight is 371 g/mol. The molecule has 2 atom stereocenters. The summed E-state index contributed by atoms with van der Waals surface area (Å²) in [7, 11) is -3.23. The summed E-state index contributed by atoms with van der Waals surface area (Å²) in [5, 5.41) is 0. The molecule has 5 nitrogen and oxygen atoms in total. The van der Waals surface area contributed by atoms with E-state index in [2.05, 4.69) is 17.7 Å². The molecule has 2 aliphatic rings. The fraction of sp³-hybridized carbons (Fsp3) is 0.706. The molecule has 3 rings (SSSR count). The van der Waals surface area contributed by atoms with Crippen molar-refractivity contribution < 1.29 is 13.2 Å². The molecule has 1 saturated heterocycles. The van der Waals surface area contributed by atoms with Gasteiger partial charge in [-0.05, 0) is 56.1 Å². The number of aryl methyl sites for hydroxylation is 1. The predicted molar refractivity (Wildman–Crippen MR) is 97.0 cm³/mol. The van der Waals surface area contributed by atoms with Crippen LogP contribution in [-0.2, 0) is 22.9 Å². The van der Waals surface area contributed by atoms with Crippen LogP contribution in [0.4, 0.5) is 0 Å². The molecule has 0 radical (unpaired) electrons. The first-order valence-electron chi connectivity index (χ1n) is 8.70. The van der Waals surface area contributed by atoms with Gasteiger partial charge in [0.25, 0.3) is 5.91 Å². The summed E-state index contributed by atoms with van der Waals surface area (Å²) in [4.78, 5) is 17.1. The SMILES string of the molecule is C[C@H]1CCc2sc(C(=O)N3CCCC[C@@H]3CNS(C)(=O)=O)cc2C1. The standard InChI is InChI=1S/C17H26N2O3S2/c1-12-6-7-15-13(9-12)10-16(23-15)17(20)19-8-4-3-5-14(19)11-18-24(2,21)22/h10,12,14,18H,3-9,11H2,1-2H3/t12-,14+/m0/s1. The molecule has 0 spiro atoms. The van der Waals surface area contributed by atoms with Gasteiger partial charge in [-0.15, -0.1) is 11.3 Å². The minimum absolute atomic E-state index is 0.0426. The third-order valence-electron chi connectivity index (χ3n) is 5.01. The number of carbonyl (C=O) groups is 1. The monoisotopic (exact) mass is 370 g/mol. The van der Waals surface area contributed by atoms with Gasteiger partial charge in [-0.3, -0.25) is 4.79 Å². The second-order valence-corrected chi connectivity index (χ2v) is 10.1. The van der Waals surface area contributed by atoms with E-state index in [1.807, 2.05) is 4.90 Å². The molecule has 1 N–H and O–H groups in total. The second kappa shape index (κ2) is 7.14. The van der Waals surface area contributed by atoms with Crippen molar-refractivity contribution >= 4 is 27.3 Å². The van der Waals surface area contributed by atoms with E-state index in [4.69, 9.17) is 0 Å². The molecular formula is C17H26N2O3S2. The number of piperidine rings is 1. The predicted octanol–water partition coefficient (Wildman–Crippen LogP) is 2.42. The number of sulfonamides is 1. The van der Waals surface area contributed by atoms with Crippen LogP contribution in [0, 0.1) is 5.92 Å². The first-order chi connectivity index (χ1) is 11.3. The van der Waals surface area contributed by atoms with Crippen molar-refractivity contribution in [2.24, 2.45) is 5.92 Å². The largest absolute Gasteiger partial charge is 0.334 e. The quantitative estimate of drug-likeness (QED) is 0.885. The van der Waals surface area contributed by atoms with Crippen LogP contribution < -0.4 is 4.72 Å². The summed E-state index contributed by atoms with van der Waals surface area (Å²) < 4.78 is 25.3. The van der Waals surface area contributed by atoms with E-state index in [1.54, 1.807) is 11.3 Å². The number of carbonyl (C=O) groups excluding carboxylic acids is 1. The highest BCUT2D eigenvalue weighted by Crippen LogP contribution is 2.33. The highest BCUT2D eigenvalue weighted by atomic mass is 32.2. The first-order valence-corrected chi connectivity index (χ1v) is 11.4. The maximum atomic E-state index is 13.0. The van der Waals surface area contributed by atoms with Gasteiger partial charge in [0.05, 0.1) is 11.1 Å². The fourth-order valence-corrected chi connectivity index (χ4v) is 5.34. The van der Waals surface area contributed by atoms with E-state index in [1.165, 1.54) is 16.9 Å². The van der Waals surface area contributed by atoms with E-state index in [9.17, 15) is 13.2 Å². The Labute approximate surface area is 148 Å². The average Bonchev–Trinajstić information content (AvgIpc) is 2.95. The van der Waals surface area contributed by atoms with Crippen LogP contribution in [0.15, 0.2) is 6.07 Å². The zero-order valence-corrected chi connectivity index (χ0v) is 16.0. The molecule has 0 bridgehead atoms. The van der Waals surface area contributed by atoms with Gasteiger partial charge in [-0.2, -0.15) is 0 Å². The molecule has 0 unspecified atom stereocenters. The summed E-state index contributed by atoms with van der Waals surface area (Å²) in [5.74, 6) is 0.763. The Balaban J connectivity index is 1.74. The number of rotatable bonds is 4. The molecule has 1 amide bonds. The summed E-state index contributed by atoms with van der Waals surface area (Å²) in [5.41, 5.74) is 1.34. The van der Waals surface area contributed by atoms with Crippen molar-refractivity contribution in [1.82, 2.24) is 9.62 Å². The van der Waals surface area contributed by atoms with Gasteiger partial charge >= 0.3 is 0 Å². The minimum atomic E-state index is -3.23. The highest BCUT2D eigenvalue weighted by molar-refractivity contribution is 7.88. The van der Waals surface area contributed by atoms with E-state index in [0.717, 1.165) is 43.2 Å². The maximum absolute atomic E-state index is 13.0. The molecule has 1 fully saturated rings. The van der Waals surface area contributed by atoms with Crippen molar-refractivity contribution in [3.8, 4) is 0 Å². The van der Waals surface area contributed by atoms with E-state index >= 15 is 0 Å². The maximum Gasteiger partial charge on any atom is 0.264 e. The Morgan fingerprint density at radius 1 is 1.38 bits per heavy atom. The first kappa shape index (κ1) is 17.9. The Morgan fingerprint density at radius 2 is 2.17 bits per heavy atom. The highest BCUT2D eigenvalue weighted by Gasteiger charge is 2.30. The van der Waals surface area contributed by atoms with Crippen molar-refractivity contribution in [3.05, 3.63) is 21.4 Å². The van der Waals surface area contributed by atoms with Crippen LogP contribution in [0.2, 0.25) is 0 Å². The summed E-state index contributed by atoms with van der Waals surface area (Å²) >= 11 is 1.63. The van der Waals surface area contributed by atoms with Crippen LogP contribution in [0.3, 0.4) is 0 Å². The third-order valence-corrected chi connectivity index (χ3v) is 6.93. The Bertz CT molecular complexity index is 711. The van der Waals surface area contributed by atoms with E-state index in [0.29, 0.717) is 19.0 Å². The van der Waals surface area contributed by atoms with Crippen molar-refractivity contribution in [3.63, 3.8) is 0 Å². The van der Waals surface area contributed by atoms with Gasteiger partial charge in [0.15, 0.2) is 0 Å². The number of fused-ring (bicyclic) bond motifs is 1. The number of amides is 1. The van der Waals surface area contributed by atoms with Crippen molar-refractivity contribution in [1.29, 1.82) is 0 Å². The van der Waals surface area contributed by atoms with Gasteiger partial charge in [0, 0.05) is 24.0 Å². The number of likely N-dealkylation sites (tertiary alicyclic amines) is 1. The molecule has 2 heterocycles.